The van der Waals surface area contributed by atoms with E-state index in [0.717, 1.165) is 19.4 Å². The number of hydrogen-bond acceptors (Lipinski definition) is 8. The molecule has 0 radical (unpaired) electrons. The monoisotopic (exact) mass is 482 g/mol. The molecule has 1 aliphatic heterocycles. The number of rotatable bonds is 7. The molecule has 178 valence electrons. The van der Waals surface area contributed by atoms with E-state index in [0.29, 0.717) is 39.8 Å². The third-order valence-corrected chi connectivity index (χ3v) is 6.75. The van der Waals surface area contributed by atoms with Crippen LogP contribution in [0.4, 0.5) is 10.8 Å². The van der Waals surface area contributed by atoms with Gasteiger partial charge in [0.25, 0.3) is 5.56 Å². The number of benzene rings is 1. The van der Waals surface area contributed by atoms with Gasteiger partial charge in [-0.25, -0.2) is 4.98 Å². The summed E-state index contributed by atoms with van der Waals surface area (Å²) in [7, 11) is 0. The molecule has 0 spiro atoms. The maximum atomic E-state index is 13.0. The lowest BCUT2D eigenvalue weighted by molar-refractivity contribution is -0.125. The van der Waals surface area contributed by atoms with Crippen molar-refractivity contribution in [2.75, 3.05) is 29.9 Å². The van der Waals surface area contributed by atoms with Gasteiger partial charge >= 0.3 is 0 Å². The molecule has 1 atom stereocenters. The molecule has 34 heavy (non-hydrogen) atoms. The molecule has 2 N–H and O–H groups in total. The lowest BCUT2D eigenvalue weighted by Gasteiger charge is -2.31. The van der Waals surface area contributed by atoms with Crippen LogP contribution in [0.25, 0.3) is 10.3 Å². The van der Waals surface area contributed by atoms with Crippen LogP contribution in [-0.2, 0) is 16.1 Å². The Bertz CT molecular complexity index is 1300. The Labute approximate surface area is 200 Å². The van der Waals surface area contributed by atoms with Crippen LogP contribution in [0.1, 0.15) is 37.0 Å². The van der Waals surface area contributed by atoms with Crippen LogP contribution in [0.5, 0.6) is 0 Å². The molecule has 0 bridgehead atoms. The number of anilines is 2. The molecule has 0 unspecified atom stereocenters. The minimum atomic E-state index is -0.408. The van der Waals surface area contributed by atoms with Crippen molar-refractivity contribution in [3.05, 3.63) is 46.5 Å². The Morgan fingerprint density at radius 3 is 2.85 bits per heavy atom. The Balaban J connectivity index is 1.49. The highest BCUT2D eigenvalue weighted by molar-refractivity contribution is 7.22. The van der Waals surface area contributed by atoms with Crippen molar-refractivity contribution in [2.45, 2.75) is 33.2 Å². The zero-order valence-electron chi connectivity index (χ0n) is 19.0. The summed E-state index contributed by atoms with van der Waals surface area (Å²) >= 11 is 1.23. The molecule has 0 aliphatic carbocycles. The minimum Gasteiger partial charge on any atom is -0.356 e. The fourth-order valence-electron chi connectivity index (χ4n) is 3.94. The van der Waals surface area contributed by atoms with Crippen LogP contribution in [0.3, 0.4) is 0 Å². The summed E-state index contributed by atoms with van der Waals surface area (Å²) in [6.45, 7) is 5.02. The fraction of sp³-hybridized carbons (Fsp3) is 0.391. The number of ketones is 1. The molecule has 1 saturated heterocycles. The SMILES string of the molecule is CCNC(=O)[C@H]1CCCN(c2nc3ncn(CC(=O)Nc4cccc(C(C)=O)c4)c(=O)c3s2)C1. The molecule has 2 amide bonds. The lowest BCUT2D eigenvalue weighted by Crippen LogP contribution is -2.43. The summed E-state index contributed by atoms with van der Waals surface area (Å²) in [6.07, 6.45) is 3.00. The van der Waals surface area contributed by atoms with Gasteiger partial charge in [-0.15, -0.1) is 0 Å². The van der Waals surface area contributed by atoms with E-state index in [4.69, 9.17) is 0 Å². The van der Waals surface area contributed by atoms with Crippen LogP contribution in [-0.4, -0.2) is 51.8 Å². The van der Waals surface area contributed by atoms with Gasteiger partial charge in [-0.1, -0.05) is 23.5 Å². The molecule has 11 heteroatoms. The van der Waals surface area contributed by atoms with Gasteiger partial charge in [0.05, 0.1) is 5.92 Å². The first kappa shape index (κ1) is 23.6. The third kappa shape index (κ3) is 5.14. The third-order valence-electron chi connectivity index (χ3n) is 5.65. The predicted octanol–water partition coefficient (Wildman–Crippen LogP) is 2.05. The second kappa shape index (κ2) is 10.1. The fourth-order valence-corrected chi connectivity index (χ4v) is 4.94. The summed E-state index contributed by atoms with van der Waals surface area (Å²) in [5, 5.41) is 6.23. The maximum Gasteiger partial charge on any atom is 0.273 e. The number of Topliss-reactive ketones (excluding diaryl/α,β-unsaturated/α-hetero) is 1. The number of nitrogens with zero attached hydrogens (tertiary/aromatic N) is 4. The van der Waals surface area contributed by atoms with E-state index in [1.54, 1.807) is 24.3 Å². The first-order chi connectivity index (χ1) is 16.4. The zero-order chi connectivity index (χ0) is 24.2. The van der Waals surface area contributed by atoms with Gasteiger partial charge in [0.2, 0.25) is 11.8 Å². The number of carbonyl (C=O) groups excluding carboxylic acids is 3. The van der Waals surface area contributed by atoms with Crippen LogP contribution in [0, 0.1) is 5.92 Å². The average Bonchev–Trinajstić information content (AvgIpc) is 3.27. The van der Waals surface area contributed by atoms with Crippen LogP contribution in [0.2, 0.25) is 0 Å². The standard InChI is InChI=1S/C23H26N6O4S/c1-3-24-21(32)16-7-5-9-28(11-16)23-27-20-19(34-23)22(33)29(13-25-20)12-18(31)26-17-8-4-6-15(10-17)14(2)30/h4,6,8,10,13,16H,3,5,7,9,11-12H2,1-2H3,(H,24,32)(H,26,31)/t16-/m0/s1. The molecule has 4 rings (SSSR count). The molecule has 3 aromatic rings. The van der Waals surface area contributed by atoms with E-state index in [-0.39, 0.29) is 29.7 Å². The van der Waals surface area contributed by atoms with Gasteiger partial charge in [0.1, 0.15) is 17.6 Å². The van der Waals surface area contributed by atoms with Crippen LogP contribution in [0.15, 0.2) is 35.4 Å². The molecule has 1 fully saturated rings. The summed E-state index contributed by atoms with van der Waals surface area (Å²) in [6, 6.07) is 6.62. The Morgan fingerprint density at radius 1 is 1.26 bits per heavy atom. The number of thiazole rings is 1. The van der Waals surface area contributed by atoms with Crippen molar-refractivity contribution < 1.29 is 14.4 Å². The summed E-state index contributed by atoms with van der Waals surface area (Å²) in [5.41, 5.74) is 0.948. The van der Waals surface area contributed by atoms with Crippen molar-refractivity contribution in [3.63, 3.8) is 0 Å². The number of fused-ring (bicyclic) bond motifs is 1. The molecule has 1 aliphatic rings. The highest BCUT2D eigenvalue weighted by atomic mass is 32.1. The molecule has 1 aromatic carbocycles. The summed E-state index contributed by atoms with van der Waals surface area (Å²) in [4.78, 5) is 60.1. The molecule has 10 nitrogen and oxygen atoms in total. The highest BCUT2D eigenvalue weighted by Crippen LogP contribution is 2.29. The van der Waals surface area contributed by atoms with E-state index < -0.39 is 5.91 Å². The summed E-state index contributed by atoms with van der Waals surface area (Å²) in [5.74, 6) is -0.590. The van der Waals surface area contributed by atoms with Gasteiger partial charge in [-0.05, 0) is 38.8 Å². The topological polar surface area (TPSA) is 126 Å². The van der Waals surface area contributed by atoms with Crippen LogP contribution < -0.4 is 21.1 Å². The second-order valence-electron chi connectivity index (χ2n) is 8.19. The van der Waals surface area contributed by atoms with Crippen molar-refractivity contribution in [2.24, 2.45) is 5.92 Å². The van der Waals surface area contributed by atoms with E-state index in [1.165, 1.54) is 29.2 Å². The van der Waals surface area contributed by atoms with Gasteiger partial charge < -0.3 is 15.5 Å². The quantitative estimate of drug-likeness (QED) is 0.494. The number of aromatic nitrogens is 3. The van der Waals surface area contributed by atoms with E-state index in [2.05, 4.69) is 20.6 Å². The Kier molecular flexibility index (Phi) is 7.01. The van der Waals surface area contributed by atoms with Crippen LogP contribution >= 0.6 is 11.3 Å². The van der Waals surface area contributed by atoms with Gasteiger partial charge in [-0.2, -0.15) is 4.98 Å². The van der Waals surface area contributed by atoms with Crippen molar-refractivity contribution in [1.29, 1.82) is 0 Å². The van der Waals surface area contributed by atoms with E-state index >= 15 is 0 Å². The largest absolute Gasteiger partial charge is 0.356 e. The number of piperidine rings is 1. The second-order valence-corrected chi connectivity index (χ2v) is 9.17. The Morgan fingerprint density at radius 2 is 2.09 bits per heavy atom. The van der Waals surface area contributed by atoms with Gasteiger partial charge in [-0.3, -0.25) is 23.7 Å². The number of hydrogen-bond donors (Lipinski definition) is 2. The lowest BCUT2D eigenvalue weighted by atomic mass is 9.97. The maximum absolute atomic E-state index is 13.0. The summed E-state index contributed by atoms with van der Waals surface area (Å²) < 4.78 is 1.60. The first-order valence-electron chi connectivity index (χ1n) is 11.1. The van der Waals surface area contributed by atoms with Gasteiger partial charge in [0, 0.05) is 30.9 Å². The molecular formula is C23H26N6O4S. The Hall–Kier alpha value is -3.60. The average molecular weight is 483 g/mol. The molecule has 0 saturated carbocycles. The molecule has 2 aromatic heterocycles. The van der Waals surface area contributed by atoms with Gasteiger partial charge in [0.15, 0.2) is 16.6 Å². The molecule has 3 heterocycles. The minimum absolute atomic E-state index is 0.0358. The van der Waals surface area contributed by atoms with E-state index in [9.17, 15) is 19.2 Å². The predicted molar refractivity (Wildman–Crippen MR) is 130 cm³/mol. The highest BCUT2D eigenvalue weighted by Gasteiger charge is 2.27. The number of carbonyl (C=O) groups is 3. The zero-order valence-corrected chi connectivity index (χ0v) is 19.9. The smallest absolute Gasteiger partial charge is 0.273 e. The van der Waals surface area contributed by atoms with Crippen molar-refractivity contribution in [1.82, 2.24) is 19.9 Å². The number of nitrogens with one attached hydrogen (secondary N) is 2. The van der Waals surface area contributed by atoms with Crippen molar-refractivity contribution >= 4 is 50.1 Å². The normalized spacial score (nSPS) is 15.8. The number of amides is 2. The van der Waals surface area contributed by atoms with Crippen molar-refractivity contribution in [3.8, 4) is 0 Å². The first-order valence-corrected chi connectivity index (χ1v) is 12.0. The van der Waals surface area contributed by atoms with E-state index in [1.807, 2.05) is 11.8 Å². The molecular weight excluding hydrogens is 456 g/mol.